The summed E-state index contributed by atoms with van der Waals surface area (Å²) in [6.45, 7) is 5.27. The van der Waals surface area contributed by atoms with Crippen molar-refractivity contribution in [2.75, 3.05) is 13.1 Å². The predicted molar refractivity (Wildman–Crippen MR) is 108 cm³/mol. The highest BCUT2D eigenvalue weighted by Crippen LogP contribution is 2.29. The molecule has 7 nitrogen and oxygen atoms in total. The number of imide groups is 1. The van der Waals surface area contributed by atoms with E-state index in [2.05, 4.69) is 10.6 Å². The monoisotopic (exact) mass is 429 g/mol. The van der Waals surface area contributed by atoms with Crippen LogP contribution >= 0.6 is 0 Å². The molecule has 162 valence electrons. The summed E-state index contributed by atoms with van der Waals surface area (Å²) in [5.41, 5.74) is -0.417. The van der Waals surface area contributed by atoms with E-state index in [1.807, 2.05) is 0 Å². The summed E-state index contributed by atoms with van der Waals surface area (Å²) in [5.74, 6) is -3.88. The maximum Gasteiger partial charge on any atom is 0.262 e. The fourth-order valence-electron chi connectivity index (χ4n) is 3.21. The first-order valence-electron chi connectivity index (χ1n) is 9.55. The Hall–Kier alpha value is -3.62. The first kappa shape index (κ1) is 22.1. The van der Waals surface area contributed by atoms with E-state index in [-0.39, 0.29) is 35.3 Å². The second kappa shape index (κ2) is 8.25. The minimum absolute atomic E-state index is 0.00154. The van der Waals surface area contributed by atoms with E-state index >= 15 is 0 Å². The maximum atomic E-state index is 13.6. The molecule has 2 N–H and O–H groups in total. The van der Waals surface area contributed by atoms with Crippen molar-refractivity contribution in [3.05, 3.63) is 70.3 Å². The average Bonchev–Trinajstić information content (AvgIpc) is 2.94. The molecule has 0 aliphatic carbocycles. The van der Waals surface area contributed by atoms with Crippen LogP contribution in [0.5, 0.6) is 0 Å². The third kappa shape index (κ3) is 4.45. The molecule has 4 amide bonds. The standard InChI is InChI=1S/C22H21F2N3O4/c1-22(2,3)27-20(30)14-6-4-12(10-16(14)21(27)31)18(28)25-8-9-26-19(29)15-7-5-13(23)11-17(15)24/h4-7,10-11H,8-9H2,1-3H3,(H,25,28)(H,26,29). The molecule has 2 aromatic rings. The van der Waals surface area contributed by atoms with Crippen LogP contribution in [0.3, 0.4) is 0 Å². The first-order valence-corrected chi connectivity index (χ1v) is 9.55. The number of carbonyl (C=O) groups is 4. The topological polar surface area (TPSA) is 95.6 Å². The summed E-state index contributed by atoms with van der Waals surface area (Å²) in [7, 11) is 0. The van der Waals surface area contributed by atoms with Crippen molar-refractivity contribution < 1.29 is 28.0 Å². The highest BCUT2D eigenvalue weighted by molar-refractivity contribution is 6.22. The second-order valence-electron chi connectivity index (χ2n) is 8.01. The maximum absolute atomic E-state index is 13.6. The Morgan fingerprint density at radius 1 is 0.871 bits per heavy atom. The lowest BCUT2D eigenvalue weighted by Gasteiger charge is -2.29. The molecule has 0 bridgehead atoms. The smallest absolute Gasteiger partial charge is 0.262 e. The van der Waals surface area contributed by atoms with Gasteiger partial charge in [0.25, 0.3) is 23.6 Å². The van der Waals surface area contributed by atoms with Gasteiger partial charge in [-0.05, 0) is 51.1 Å². The number of benzene rings is 2. The van der Waals surface area contributed by atoms with Crippen LogP contribution in [0, 0.1) is 11.6 Å². The van der Waals surface area contributed by atoms with E-state index in [1.165, 1.54) is 18.2 Å². The van der Waals surface area contributed by atoms with Crippen LogP contribution in [0.4, 0.5) is 8.78 Å². The van der Waals surface area contributed by atoms with Crippen molar-refractivity contribution in [3.63, 3.8) is 0 Å². The Balaban J connectivity index is 1.59. The van der Waals surface area contributed by atoms with Crippen molar-refractivity contribution in [2.24, 2.45) is 0 Å². The fraction of sp³-hybridized carbons (Fsp3) is 0.273. The first-order chi connectivity index (χ1) is 14.5. The summed E-state index contributed by atoms with van der Waals surface area (Å²) in [4.78, 5) is 50.6. The highest BCUT2D eigenvalue weighted by atomic mass is 19.1. The molecular weight excluding hydrogens is 408 g/mol. The number of hydrogen-bond donors (Lipinski definition) is 2. The summed E-state index contributed by atoms with van der Waals surface area (Å²) >= 11 is 0. The van der Waals surface area contributed by atoms with E-state index in [4.69, 9.17) is 0 Å². The van der Waals surface area contributed by atoms with E-state index < -0.39 is 40.8 Å². The van der Waals surface area contributed by atoms with Gasteiger partial charge in [0.15, 0.2) is 0 Å². The molecule has 0 unspecified atom stereocenters. The van der Waals surface area contributed by atoms with E-state index in [1.54, 1.807) is 20.8 Å². The number of rotatable bonds is 5. The Kier molecular flexibility index (Phi) is 5.88. The predicted octanol–water partition coefficient (Wildman–Crippen LogP) is 2.52. The molecule has 2 aromatic carbocycles. The minimum Gasteiger partial charge on any atom is -0.350 e. The van der Waals surface area contributed by atoms with Crippen LogP contribution in [0.15, 0.2) is 36.4 Å². The molecule has 1 aliphatic rings. The number of fused-ring (bicyclic) bond motifs is 1. The SMILES string of the molecule is CC(C)(C)N1C(=O)c2ccc(C(=O)NCCNC(=O)c3ccc(F)cc3F)cc2C1=O. The highest BCUT2D eigenvalue weighted by Gasteiger charge is 2.42. The van der Waals surface area contributed by atoms with Gasteiger partial charge < -0.3 is 10.6 Å². The fourth-order valence-corrected chi connectivity index (χ4v) is 3.21. The molecule has 0 radical (unpaired) electrons. The zero-order valence-electron chi connectivity index (χ0n) is 17.2. The van der Waals surface area contributed by atoms with Crippen molar-refractivity contribution in [2.45, 2.75) is 26.3 Å². The molecular formula is C22H21F2N3O4. The van der Waals surface area contributed by atoms with Gasteiger partial charge in [0.05, 0.1) is 16.7 Å². The van der Waals surface area contributed by atoms with Gasteiger partial charge in [-0.1, -0.05) is 0 Å². The van der Waals surface area contributed by atoms with Gasteiger partial charge in [-0.2, -0.15) is 0 Å². The Morgan fingerprint density at radius 3 is 2.10 bits per heavy atom. The van der Waals surface area contributed by atoms with Crippen LogP contribution in [0.2, 0.25) is 0 Å². The lowest BCUT2D eigenvalue weighted by molar-refractivity contribution is 0.0507. The van der Waals surface area contributed by atoms with Crippen LogP contribution < -0.4 is 10.6 Å². The lowest BCUT2D eigenvalue weighted by Crippen LogP contribution is -2.45. The van der Waals surface area contributed by atoms with Crippen LogP contribution in [0.25, 0.3) is 0 Å². The largest absolute Gasteiger partial charge is 0.350 e. The quantitative estimate of drug-likeness (QED) is 0.564. The van der Waals surface area contributed by atoms with Crippen LogP contribution in [-0.2, 0) is 0 Å². The zero-order chi connectivity index (χ0) is 22.9. The second-order valence-corrected chi connectivity index (χ2v) is 8.01. The van der Waals surface area contributed by atoms with Gasteiger partial charge in [0.2, 0.25) is 0 Å². The van der Waals surface area contributed by atoms with Crippen molar-refractivity contribution in [3.8, 4) is 0 Å². The summed E-state index contributed by atoms with van der Waals surface area (Å²) < 4.78 is 26.5. The molecule has 3 rings (SSSR count). The Labute approximate surface area is 177 Å². The van der Waals surface area contributed by atoms with Gasteiger partial charge in [0.1, 0.15) is 11.6 Å². The zero-order valence-corrected chi connectivity index (χ0v) is 17.2. The molecule has 0 saturated carbocycles. The van der Waals surface area contributed by atoms with Gasteiger partial charge >= 0.3 is 0 Å². The van der Waals surface area contributed by atoms with E-state index in [0.717, 1.165) is 17.0 Å². The number of amides is 4. The molecule has 0 saturated heterocycles. The van der Waals surface area contributed by atoms with Gasteiger partial charge in [0, 0.05) is 30.3 Å². The van der Waals surface area contributed by atoms with Gasteiger partial charge in [-0.15, -0.1) is 0 Å². The Bertz CT molecular complexity index is 1090. The van der Waals surface area contributed by atoms with Crippen molar-refractivity contribution in [1.82, 2.24) is 15.5 Å². The molecule has 1 heterocycles. The van der Waals surface area contributed by atoms with Gasteiger partial charge in [-0.3, -0.25) is 24.1 Å². The summed E-state index contributed by atoms with van der Waals surface area (Å²) in [5, 5.41) is 4.99. The third-order valence-corrected chi connectivity index (χ3v) is 4.69. The summed E-state index contributed by atoms with van der Waals surface area (Å²) in [6.07, 6.45) is 0. The van der Waals surface area contributed by atoms with Gasteiger partial charge in [-0.25, -0.2) is 8.78 Å². The number of nitrogens with zero attached hydrogens (tertiary/aromatic N) is 1. The number of carbonyl (C=O) groups excluding carboxylic acids is 4. The van der Waals surface area contributed by atoms with Crippen molar-refractivity contribution >= 4 is 23.6 Å². The molecule has 0 spiro atoms. The number of halogens is 2. The Morgan fingerprint density at radius 2 is 1.48 bits per heavy atom. The lowest BCUT2D eigenvalue weighted by atomic mass is 10.1. The molecule has 9 heteroatoms. The molecule has 0 fully saturated rings. The number of nitrogens with one attached hydrogen (secondary N) is 2. The van der Waals surface area contributed by atoms with E-state index in [0.29, 0.717) is 6.07 Å². The molecule has 1 aliphatic heterocycles. The van der Waals surface area contributed by atoms with Crippen LogP contribution in [-0.4, -0.2) is 47.2 Å². The molecule has 0 atom stereocenters. The van der Waals surface area contributed by atoms with E-state index in [9.17, 15) is 28.0 Å². The number of hydrogen-bond acceptors (Lipinski definition) is 4. The molecule has 0 aromatic heterocycles. The minimum atomic E-state index is -0.983. The van der Waals surface area contributed by atoms with Crippen LogP contribution in [0.1, 0.15) is 62.2 Å². The average molecular weight is 429 g/mol. The summed E-state index contributed by atoms with van der Waals surface area (Å²) in [6, 6.07) is 6.86. The molecule has 31 heavy (non-hydrogen) atoms. The van der Waals surface area contributed by atoms with Crippen molar-refractivity contribution in [1.29, 1.82) is 0 Å². The normalized spacial score (nSPS) is 13.3. The third-order valence-electron chi connectivity index (χ3n) is 4.69.